The van der Waals surface area contributed by atoms with E-state index >= 15 is 0 Å². The van der Waals surface area contributed by atoms with E-state index < -0.39 is 10.0 Å². The second-order valence-electron chi connectivity index (χ2n) is 4.92. The first-order chi connectivity index (χ1) is 9.88. The number of sulfonamides is 1. The molecule has 1 heterocycles. The van der Waals surface area contributed by atoms with Gasteiger partial charge in [-0.3, -0.25) is 0 Å². The fourth-order valence-electron chi connectivity index (χ4n) is 1.78. The molecule has 0 saturated carbocycles. The molecule has 0 aliphatic heterocycles. The molecule has 0 radical (unpaired) electrons. The SMILES string of the molecule is CC(C)Oc1ccc(S(=O)(=O)NCc2nccn2C)cc1. The second kappa shape index (κ2) is 6.28. The Morgan fingerprint density at radius 1 is 1.29 bits per heavy atom. The molecule has 0 saturated heterocycles. The molecule has 1 N–H and O–H groups in total. The third-order valence-corrected chi connectivity index (χ3v) is 4.26. The average molecular weight is 309 g/mol. The maximum atomic E-state index is 12.2. The van der Waals surface area contributed by atoms with E-state index in [1.807, 2.05) is 20.9 Å². The van der Waals surface area contributed by atoms with Crippen LogP contribution in [0.3, 0.4) is 0 Å². The number of ether oxygens (including phenoxy) is 1. The number of hydrogen-bond donors (Lipinski definition) is 1. The molecule has 114 valence electrons. The zero-order valence-electron chi connectivity index (χ0n) is 12.3. The Balaban J connectivity index is 2.07. The molecule has 0 spiro atoms. The van der Waals surface area contributed by atoms with Gasteiger partial charge in [0.15, 0.2) is 0 Å². The van der Waals surface area contributed by atoms with E-state index in [-0.39, 0.29) is 17.5 Å². The predicted molar refractivity (Wildman–Crippen MR) is 79.4 cm³/mol. The quantitative estimate of drug-likeness (QED) is 0.881. The lowest BCUT2D eigenvalue weighted by Gasteiger charge is -2.11. The first-order valence-electron chi connectivity index (χ1n) is 6.61. The maximum absolute atomic E-state index is 12.2. The summed E-state index contributed by atoms with van der Waals surface area (Å²) in [5, 5.41) is 0. The molecule has 2 rings (SSSR count). The maximum Gasteiger partial charge on any atom is 0.240 e. The van der Waals surface area contributed by atoms with Crippen molar-refractivity contribution in [2.75, 3.05) is 0 Å². The van der Waals surface area contributed by atoms with E-state index in [0.717, 1.165) is 0 Å². The van der Waals surface area contributed by atoms with Gasteiger partial charge in [-0.2, -0.15) is 0 Å². The topological polar surface area (TPSA) is 73.2 Å². The van der Waals surface area contributed by atoms with E-state index in [9.17, 15) is 8.42 Å². The number of aryl methyl sites for hydroxylation is 1. The van der Waals surface area contributed by atoms with Crippen molar-refractivity contribution in [2.24, 2.45) is 7.05 Å². The molecule has 0 aliphatic carbocycles. The number of nitrogens with zero attached hydrogens (tertiary/aromatic N) is 2. The monoisotopic (exact) mass is 309 g/mol. The fourth-order valence-corrected chi connectivity index (χ4v) is 2.76. The number of imidazole rings is 1. The van der Waals surface area contributed by atoms with Gasteiger partial charge in [-0.05, 0) is 38.1 Å². The van der Waals surface area contributed by atoms with Gasteiger partial charge in [0, 0.05) is 19.4 Å². The molecule has 0 aliphatic rings. The smallest absolute Gasteiger partial charge is 0.240 e. The number of nitrogens with one attached hydrogen (secondary N) is 1. The minimum Gasteiger partial charge on any atom is -0.491 e. The molecule has 0 amide bonds. The van der Waals surface area contributed by atoms with E-state index in [1.165, 1.54) is 12.1 Å². The van der Waals surface area contributed by atoms with Crippen LogP contribution in [0.4, 0.5) is 0 Å². The Kier molecular flexibility index (Phi) is 4.64. The molecule has 6 nitrogen and oxygen atoms in total. The first kappa shape index (κ1) is 15.5. The van der Waals surface area contributed by atoms with E-state index in [1.54, 1.807) is 29.1 Å². The van der Waals surface area contributed by atoms with Gasteiger partial charge in [-0.1, -0.05) is 0 Å². The summed E-state index contributed by atoms with van der Waals surface area (Å²) in [5.41, 5.74) is 0. The van der Waals surface area contributed by atoms with Gasteiger partial charge >= 0.3 is 0 Å². The lowest BCUT2D eigenvalue weighted by Crippen LogP contribution is -2.24. The minimum absolute atomic E-state index is 0.0500. The summed E-state index contributed by atoms with van der Waals surface area (Å²) < 4.78 is 34.1. The van der Waals surface area contributed by atoms with Crippen molar-refractivity contribution in [1.82, 2.24) is 14.3 Å². The highest BCUT2D eigenvalue weighted by atomic mass is 32.2. The van der Waals surface area contributed by atoms with E-state index in [2.05, 4.69) is 9.71 Å². The molecule has 0 fully saturated rings. The molecule has 7 heteroatoms. The number of hydrogen-bond acceptors (Lipinski definition) is 4. The van der Waals surface area contributed by atoms with Gasteiger partial charge in [0.25, 0.3) is 0 Å². The van der Waals surface area contributed by atoms with Gasteiger partial charge < -0.3 is 9.30 Å². The van der Waals surface area contributed by atoms with Crippen LogP contribution in [-0.4, -0.2) is 24.1 Å². The van der Waals surface area contributed by atoms with Crippen LogP contribution in [0.2, 0.25) is 0 Å². The molecule has 21 heavy (non-hydrogen) atoms. The third-order valence-electron chi connectivity index (χ3n) is 2.85. The van der Waals surface area contributed by atoms with Crippen molar-refractivity contribution in [1.29, 1.82) is 0 Å². The Morgan fingerprint density at radius 3 is 2.48 bits per heavy atom. The molecule has 1 aromatic heterocycles. The van der Waals surface area contributed by atoms with Crippen LogP contribution < -0.4 is 9.46 Å². The summed E-state index contributed by atoms with van der Waals surface area (Å²) in [6.07, 6.45) is 3.44. The first-order valence-corrected chi connectivity index (χ1v) is 8.09. The highest BCUT2D eigenvalue weighted by Crippen LogP contribution is 2.17. The number of aromatic nitrogens is 2. The molecule has 0 unspecified atom stereocenters. The van der Waals surface area contributed by atoms with Gasteiger partial charge in [-0.15, -0.1) is 0 Å². The van der Waals surface area contributed by atoms with E-state index in [4.69, 9.17) is 4.74 Å². The van der Waals surface area contributed by atoms with Crippen LogP contribution in [0.5, 0.6) is 5.75 Å². The van der Waals surface area contributed by atoms with Crippen LogP contribution in [0.1, 0.15) is 19.7 Å². The average Bonchev–Trinajstić information content (AvgIpc) is 2.82. The summed E-state index contributed by atoms with van der Waals surface area (Å²) in [5.74, 6) is 1.30. The standard InChI is InChI=1S/C14H19N3O3S/c1-11(2)20-12-4-6-13(7-5-12)21(18,19)16-10-14-15-8-9-17(14)3/h4-9,11,16H,10H2,1-3H3. The normalized spacial score (nSPS) is 11.8. The molecule has 0 atom stereocenters. The molecule has 2 aromatic rings. The third kappa shape index (κ3) is 4.05. The molecular weight excluding hydrogens is 290 g/mol. The number of benzene rings is 1. The molecule has 1 aromatic carbocycles. The van der Waals surface area contributed by atoms with Crippen LogP contribution in [0.15, 0.2) is 41.6 Å². The fraction of sp³-hybridized carbons (Fsp3) is 0.357. The van der Waals surface area contributed by atoms with Crippen LogP contribution >= 0.6 is 0 Å². The number of rotatable bonds is 6. The van der Waals surface area contributed by atoms with Crippen molar-refractivity contribution in [3.8, 4) is 5.75 Å². The van der Waals surface area contributed by atoms with Crippen molar-refractivity contribution in [3.63, 3.8) is 0 Å². The zero-order valence-corrected chi connectivity index (χ0v) is 13.1. The highest BCUT2D eigenvalue weighted by Gasteiger charge is 2.14. The lowest BCUT2D eigenvalue weighted by molar-refractivity contribution is 0.242. The van der Waals surface area contributed by atoms with E-state index in [0.29, 0.717) is 11.6 Å². The second-order valence-corrected chi connectivity index (χ2v) is 6.68. The van der Waals surface area contributed by atoms with Crippen molar-refractivity contribution < 1.29 is 13.2 Å². The summed E-state index contributed by atoms with van der Waals surface area (Å²) in [6, 6.07) is 6.35. The van der Waals surface area contributed by atoms with Gasteiger partial charge in [0.2, 0.25) is 10.0 Å². The van der Waals surface area contributed by atoms with Crippen molar-refractivity contribution in [3.05, 3.63) is 42.5 Å². The Bertz CT molecular complexity index is 691. The molecule has 0 bridgehead atoms. The van der Waals surface area contributed by atoms with Crippen molar-refractivity contribution >= 4 is 10.0 Å². The van der Waals surface area contributed by atoms with Gasteiger partial charge in [0.05, 0.1) is 17.5 Å². The predicted octanol–water partition coefficient (Wildman–Crippen LogP) is 1.69. The van der Waals surface area contributed by atoms with Gasteiger partial charge in [0.1, 0.15) is 11.6 Å². The summed E-state index contributed by atoms with van der Waals surface area (Å²) in [6.45, 7) is 3.98. The zero-order chi connectivity index (χ0) is 15.5. The molecular formula is C14H19N3O3S. The lowest BCUT2D eigenvalue weighted by atomic mass is 10.3. The minimum atomic E-state index is -3.56. The largest absolute Gasteiger partial charge is 0.491 e. The Hall–Kier alpha value is -1.86. The summed E-state index contributed by atoms with van der Waals surface area (Å²) >= 11 is 0. The van der Waals surface area contributed by atoms with Gasteiger partial charge in [-0.25, -0.2) is 18.1 Å². The van der Waals surface area contributed by atoms with Crippen molar-refractivity contribution in [2.45, 2.75) is 31.4 Å². The van der Waals surface area contributed by atoms with Crippen LogP contribution in [-0.2, 0) is 23.6 Å². The summed E-state index contributed by atoms with van der Waals surface area (Å²) in [4.78, 5) is 4.28. The van der Waals surface area contributed by atoms with Crippen LogP contribution in [0, 0.1) is 0 Å². The highest BCUT2D eigenvalue weighted by molar-refractivity contribution is 7.89. The Labute approximate surface area is 124 Å². The van der Waals surface area contributed by atoms with Crippen LogP contribution in [0.25, 0.3) is 0 Å². The Morgan fingerprint density at radius 2 is 1.95 bits per heavy atom. The summed E-state index contributed by atoms with van der Waals surface area (Å²) in [7, 11) is -1.74.